The van der Waals surface area contributed by atoms with Crippen molar-refractivity contribution in [2.45, 2.75) is 50.3 Å². The van der Waals surface area contributed by atoms with Gasteiger partial charge in [0.05, 0.1) is 5.88 Å². The van der Waals surface area contributed by atoms with Gasteiger partial charge < -0.3 is 0 Å². The van der Waals surface area contributed by atoms with Gasteiger partial charge >= 0.3 is 0 Å². The molecule has 1 aromatic heterocycles. The topological polar surface area (TPSA) is 30.7 Å². The van der Waals surface area contributed by atoms with Gasteiger partial charge in [0.25, 0.3) is 0 Å². The van der Waals surface area contributed by atoms with E-state index in [0.29, 0.717) is 5.88 Å². The van der Waals surface area contributed by atoms with Gasteiger partial charge in [-0.05, 0) is 31.4 Å². The van der Waals surface area contributed by atoms with Crippen molar-refractivity contribution in [2.24, 2.45) is 0 Å². The van der Waals surface area contributed by atoms with E-state index in [-0.39, 0.29) is 5.41 Å². The summed E-state index contributed by atoms with van der Waals surface area (Å²) in [6, 6.07) is 10.3. The van der Waals surface area contributed by atoms with Crippen molar-refractivity contribution in [1.82, 2.24) is 14.8 Å². The number of hydrogen-bond donors (Lipinski definition) is 0. The van der Waals surface area contributed by atoms with Crippen molar-refractivity contribution < 1.29 is 0 Å². The van der Waals surface area contributed by atoms with Crippen LogP contribution in [0.5, 0.6) is 0 Å². The molecule has 0 N–H and O–H groups in total. The molecular weight excluding hydrogens is 270 g/mol. The van der Waals surface area contributed by atoms with Crippen LogP contribution >= 0.6 is 11.6 Å². The largest absolute Gasteiger partial charge is 0.282 e. The number of halogens is 1. The first-order valence-electron chi connectivity index (χ1n) is 7.37. The fourth-order valence-corrected chi connectivity index (χ4v) is 3.55. The smallest absolute Gasteiger partial charge is 0.152 e. The van der Waals surface area contributed by atoms with Crippen molar-refractivity contribution in [2.75, 3.05) is 0 Å². The minimum Gasteiger partial charge on any atom is -0.282 e. The van der Waals surface area contributed by atoms with Crippen LogP contribution in [-0.2, 0) is 11.3 Å². The van der Waals surface area contributed by atoms with Crippen molar-refractivity contribution >= 4 is 11.6 Å². The predicted molar refractivity (Wildman–Crippen MR) is 81.4 cm³/mol. The first-order chi connectivity index (χ1) is 9.80. The van der Waals surface area contributed by atoms with Crippen LogP contribution < -0.4 is 0 Å². The Morgan fingerprint density at radius 2 is 1.85 bits per heavy atom. The van der Waals surface area contributed by atoms with Crippen molar-refractivity contribution in [3.63, 3.8) is 0 Å². The molecule has 3 nitrogen and oxygen atoms in total. The summed E-state index contributed by atoms with van der Waals surface area (Å²) < 4.78 is 2.17. The van der Waals surface area contributed by atoms with Crippen LogP contribution in [0.2, 0.25) is 0 Å². The highest BCUT2D eigenvalue weighted by molar-refractivity contribution is 6.16. The SMILES string of the molecule is CCC1(c2nnc(CCl)n2-c2ccccc2)CCCC1. The summed E-state index contributed by atoms with van der Waals surface area (Å²) in [5.41, 5.74) is 1.29. The first kappa shape index (κ1) is 13.6. The van der Waals surface area contributed by atoms with E-state index < -0.39 is 0 Å². The Morgan fingerprint density at radius 1 is 1.15 bits per heavy atom. The van der Waals surface area contributed by atoms with Gasteiger partial charge in [0.15, 0.2) is 5.82 Å². The van der Waals surface area contributed by atoms with E-state index >= 15 is 0 Å². The van der Waals surface area contributed by atoms with E-state index in [1.165, 1.54) is 25.7 Å². The van der Waals surface area contributed by atoms with Gasteiger partial charge in [-0.25, -0.2) is 0 Å². The molecule has 2 aromatic rings. The fourth-order valence-electron chi connectivity index (χ4n) is 3.38. The van der Waals surface area contributed by atoms with E-state index in [4.69, 9.17) is 11.6 Å². The van der Waals surface area contributed by atoms with Crippen LogP contribution in [0, 0.1) is 0 Å². The minimum absolute atomic E-state index is 0.174. The lowest BCUT2D eigenvalue weighted by molar-refractivity contribution is 0.391. The molecule has 1 heterocycles. The second-order valence-electron chi connectivity index (χ2n) is 5.59. The second-order valence-corrected chi connectivity index (χ2v) is 5.85. The lowest BCUT2D eigenvalue weighted by atomic mass is 9.82. The molecule has 0 spiro atoms. The van der Waals surface area contributed by atoms with Crippen LogP contribution in [-0.4, -0.2) is 14.8 Å². The molecule has 0 unspecified atom stereocenters. The van der Waals surface area contributed by atoms with Gasteiger partial charge in [0, 0.05) is 11.1 Å². The van der Waals surface area contributed by atoms with Crippen LogP contribution in [0.4, 0.5) is 0 Å². The summed E-state index contributed by atoms with van der Waals surface area (Å²) in [4.78, 5) is 0. The Balaban J connectivity index is 2.15. The van der Waals surface area contributed by atoms with Crippen molar-refractivity contribution in [3.05, 3.63) is 42.0 Å². The maximum absolute atomic E-state index is 6.07. The molecule has 0 saturated heterocycles. The average Bonchev–Trinajstić information content (AvgIpc) is 3.15. The third kappa shape index (κ3) is 2.14. The van der Waals surface area contributed by atoms with Crippen LogP contribution in [0.15, 0.2) is 30.3 Å². The van der Waals surface area contributed by atoms with Crippen LogP contribution in [0.1, 0.15) is 50.7 Å². The lowest BCUT2D eigenvalue weighted by Gasteiger charge is -2.27. The number of benzene rings is 1. The highest BCUT2D eigenvalue weighted by atomic mass is 35.5. The third-order valence-corrected chi connectivity index (χ3v) is 4.81. The van der Waals surface area contributed by atoms with E-state index in [0.717, 1.165) is 23.8 Å². The zero-order valence-corrected chi connectivity index (χ0v) is 12.6. The first-order valence-corrected chi connectivity index (χ1v) is 7.90. The van der Waals surface area contributed by atoms with Crippen molar-refractivity contribution in [1.29, 1.82) is 0 Å². The number of aromatic nitrogens is 3. The number of rotatable bonds is 4. The summed E-state index contributed by atoms with van der Waals surface area (Å²) in [5.74, 6) is 2.33. The maximum Gasteiger partial charge on any atom is 0.152 e. The number of nitrogens with zero attached hydrogens (tertiary/aromatic N) is 3. The van der Waals surface area contributed by atoms with E-state index in [1.54, 1.807) is 0 Å². The average molecular weight is 290 g/mol. The molecule has 106 valence electrons. The predicted octanol–water partition coefficient (Wildman–Crippen LogP) is 4.23. The molecule has 0 atom stereocenters. The summed E-state index contributed by atoms with van der Waals surface area (Å²) in [7, 11) is 0. The highest BCUT2D eigenvalue weighted by Crippen LogP contribution is 2.43. The summed E-state index contributed by atoms with van der Waals surface area (Å²) in [6.07, 6.45) is 6.09. The molecule has 3 rings (SSSR count). The van der Waals surface area contributed by atoms with Gasteiger partial charge in [-0.1, -0.05) is 38.0 Å². The molecule has 1 saturated carbocycles. The molecular formula is C16H20ClN3. The number of para-hydroxylation sites is 1. The third-order valence-electron chi connectivity index (χ3n) is 4.58. The lowest BCUT2D eigenvalue weighted by Crippen LogP contribution is -2.26. The zero-order valence-electron chi connectivity index (χ0n) is 11.8. The monoisotopic (exact) mass is 289 g/mol. The molecule has 1 aromatic carbocycles. The summed E-state index contributed by atoms with van der Waals surface area (Å²) >= 11 is 6.07. The Labute approximate surface area is 125 Å². The second kappa shape index (κ2) is 5.57. The Morgan fingerprint density at radius 3 is 2.45 bits per heavy atom. The Hall–Kier alpha value is -1.35. The summed E-state index contributed by atoms with van der Waals surface area (Å²) in [6.45, 7) is 2.26. The number of alkyl halides is 1. The zero-order chi connectivity index (χ0) is 14.0. The van der Waals surface area contributed by atoms with E-state index in [2.05, 4.69) is 33.8 Å². The maximum atomic E-state index is 6.07. The molecule has 0 bridgehead atoms. The van der Waals surface area contributed by atoms with E-state index in [1.807, 2.05) is 18.2 Å². The molecule has 1 aliphatic rings. The van der Waals surface area contributed by atoms with Gasteiger partial charge in [-0.3, -0.25) is 4.57 Å². The van der Waals surface area contributed by atoms with Gasteiger partial charge in [-0.2, -0.15) is 0 Å². The molecule has 1 fully saturated rings. The molecule has 0 aliphatic heterocycles. The summed E-state index contributed by atoms with van der Waals surface area (Å²) in [5, 5.41) is 8.85. The Kier molecular flexibility index (Phi) is 3.79. The molecule has 1 aliphatic carbocycles. The molecule has 0 radical (unpaired) electrons. The number of hydrogen-bond acceptors (Lipinski definition) is 2. The quantitative estimate of drug-likeness (QED) is 0.789. The standard InChI is InChI=1S/C16H20ClN3/c1-2-16(10-6-7-11-16)15-19-18-14(12-17)20(15)13-8-4-3-5-9-13/h3-5,8-9H,2,6-7,10-12H2,1H3. The van der Waals surface area contributed by atoms with Crippen molar-refractivity contribution in [3.8, 4) is 5.69 Å². The van der Waals surface area contributed by atoms with E-state index in [9.17, 15) is 0 Å². The molecule has 20 heavy (non-hydrogen) atoms. The minimum atomic E-state index is 0.174. The van der Waals surface area contributed by atoms with Gasteiger partial charge in [0.1, 0.15) is 5.82 Å². The molecule has 0 amide bonds. The van der Waals surface area contributed by atoms with Crippen LogP contribution in [0.3, 0.4) is 0 Å². The normalized spacial score (nSPS) is 17.5. The van der Waals surface area contributed by atoms with Gasteiger partial charge in [0.2, 0.25) is 0 Å². The highest BCUT2D eigenvalue weighted by Gasteiger charge is 2.39. The Bertz CT molecular complexity index is 571. The van der Waals surface area contributed by atoms with Crippen LogP contribution in [0.25, 0.3) is 5.69 Å². The van der Waals surface area contributed by atoms with Gasteiger partial charge in [-0.15, -0.1) is 21.8 Å². The fraction of sp³-hybridized carbons (Fsp3) is 0.500. The molecule has 4 heteroatoms.